The predicted octanol–water partition coefficient (Wildman–Crippen LogP) is -0.200. The number of likely N-dealkylation sites (tertiary alicyclic amines) is 1. The van der Waals surface area contributed by atoms with Gasteiger partial charge in [-0.25, -0.2) is 0 Å². The third-order valence-corrected chi connectivity index (χ3v) is 2.80. The summed E-state index contributed by atoms with van der Waals surface area (Å²) in [5, 5.41) is 11.3. The number of hydrogen-bond donors (Lipinski definition) is 1. The number of carbonyl (C=O) groups is 3. The van der Waals surface area contributed by atoms with Crippen LogP contribution in [0, 0.1) is 16.7 Å². The fraction of sp³-hybridized carbons (Fsp3) is 0.636. The minimum atomic E-state index is -1.18. The molecule has 6 nitrogen and oxygen atoms in total. The van der Waals surface area contributed by atoms with E-state index in [9.17, 15) is 14.4 Å². The van der Waals surface area contributed by atoms with E-state index >= 15 is 0 Å². The highest BCUT2D eigenvalue weighted by Gasteiger charge is 2.36. The summed E-state index contributed by atoms with van der Waals surface area (Å²) in [6.07, 6.45) is 0.509. The van der Waals surface area contributed by atoms with Gasteiger partial charge in [-0.3, -0.25) is 19.3 Å². The van der Waals surface area contributed by atoms with E-state index in [4.69, 9.17) is 5.26 Å². The lowest BCUT2D eigenvalue weighted by molar-refractivity contribution is -0.149. The molecule has 0 bridgehead atoms. The summed E-state index contributed by atoms with van der Waals surface area (Å²) >= 11 is 0. The summed E-state index contributed by atoms with van der Waals surface area (Å²) < 4.78 is 0. The Kier molecular flexibility index (Phi) is 3.51. The Bertz CT molecular complexity index is 409. The number of imide groups is 1. The molecule has 0 aromatic rings. The molecule has 1 saturated heterocycles. The van der Waals surface area contributed by atoms with Crippen LogP contribution in [0.1, 0.15) is 26.7 Å². The molecule has 3 amide bonds. The summed E-state index contributed by atoms with van der Waals surface area (Å²) in [5.41, 5.74) is -1.18. The molecule has 92 valence electrons. The van der Waals surface area contributed by atoms with Gasteiger partial charge in [-0.1, -0.05) is 0 Å². The standard InChI is InChI=1S/C11H15N3O3/c1-11(2,6-12)10(17)13-7-4-5-8(15)14(3)9(7)16/h7H,4-5H2,1-3H3,(H,13,17). The number of nitrogens with one attached hydrogen (secondary N) is 1. The van der Waals surface area contributed by atoms with Crippen LogP contribution in [-0.2, 0) is 14.4 Å². The minimum Gasteiger partial charge on any atom is -0.343 e. The lowest BCUT2D eigenvalue weighted by atomic mass is 9.93. The molecule has 1 atom stereocenters. The van der Waals surface area contributed by atoms with Gasteiger partial charge in [0.1, 0.15) is 11.5 Å². The number of nitriles is 1. The Morgan fingerprint density at radius 3 is 2.65 bits per heavy atom. The average Bonchev–Trinajstić information content (AvgIpc) is 2.29. The Morgan fingerprint density at radius 2 is 2.12 bits per heavy atom. The first-order valence-electron chi connectivity index (χ1n) is 5.32. The third-order valence-electron chi connectivity index (χ3n) is 2.80. The zero-order valence-electron chi connectivity index (χ0n) is 10.1. The smallest absolute Gasteiger partial charge is 0.251 e. The molecule has 17 heavy (non-hydrogen) atoms. The Hall–Kier alpha value is -1.90. The molecular weight excluding hydrogens is 222 g/mol. The van der Waals surface area contributed by atoms with Crippen LogP contribution in [0.2, 0.25) is 0 Å². The molecule has 6 heteroatoms. The van der Waals surface area contributed by atoms with Crippen LogP contribution in [0.3, 0.4) is 0 Å². The highest BCUT2D eigenvalue weighted by Crippen LogP contribution is 2.16. The van der Waals surface area contributed by atoms with Crippen molar-refractivity contribution in [1.82, 2.24) is 10.2 Å². The first kappa shape index (κ1) is 13.2. The summed E-state index contributed by atoms with van der Waals surface area (Å²) in [5.74, 6) is -1.18. The highest BCUT2D eigenvalue weighted by atomic mass is 16.2. The number of carbonyl (C=O) groups excluding carboxylic acids is 3. The van der Waals surface area contributed by atoms with Crippen molar-refractivity contribution < 1.29 is 14.4 Å². The van der Waals surface area contributed by atoms with E-state index in [1.165, 1.54) is 20.9 Å². The molecule has 1 heterocycles. The van der Waals surface area contributed by atoms with Crippen LogP contribution in [0.15, 0.2) is 0 Å². The van der Waals surface area contributed by atoms with Crippen molar-refractivity contribution in [1.29, 1.82) is 5.26 Å². The van der Waals surface area contributed by atoms with Crippen molar-refractivity contribution in [2.24, 2.45) is 5.41 Å². The Balaban J connectivity index is 2.72. The van der Waals surface area contributed by atoms with Gasteiger partial charge in [0, 0.05) is 13.5 Å². The SMILES string of the molecule is CN1C(=O)CCC(NC(=O)C(C)(C)C#N)C1=O. The molecule has 1 aliphatic heterocycles. The zero-order valence-corrected chi connectivity index (χ0v) is 10.1. The number of piperidine rings is 1. The Labute approximate surface area is 99.6 Å². The molecule has 1 fully saturated rings. The van der Waals surface area contributed by atoms with Crippen LogP contribution >= 0.6 is 0 Å². The summed E-state index contributed by atoms with van der Waals surface area (Å²) in [6, 6.07) is 1.15. The van der Waals surface area contributed by atoms with Crippen LogP contribution in [0.25, 0.3) is 0 Å². The van der Waals surface area contributed by atoms with Crippen molar-refractivity contribution in [3.63, 3.8) is 0 Å². The number of likely N-dealkylation sites (N-methyl/N-ethyl adjacent to an activating group) is 1. The van der Waals surface area contributed by atoms with Gasteiger partial charge in [-0.2, -0.15) is 5.26 Å². The average molecular weight is 237 g/mol. The second-order valence-corrected chi connectivity index (χ2v) is 4.59. The fourth-order valence-electron chi connectivity index (χ4n) is 1.44. The van der Waals surface area contributed by atoms with E-state index in [-0.39, 0.29) is 18.7 Å². The van der Waals surface area contributed by atoms with Crippen molar-refractivity contribution in [3.8, 4) is 6.07 Å². The normalized spacial score (nSPS) is 21.1. The topological polar surface area (TPSA) is 90.3 Å². The van der Waals surface area contributed by atoms with Gasteiger partial charge in [0.25, 0.3) is 5.91 Å². The van der Waals surface area contributed by atoms with Crippen LogP contribution in [-0.4, -0.2) is 35.7 Å². The summed E-state index contributed by atoms with van der Waals surface area (Å²) in [6.45, 7) is 2.95. The number of rotatable bonds is 2. The second-order valence-electron chi connectivity index (χ2n) is 4.59. The maximum absolute atomic E-state index is 11.7. The van der Waals surface area contributed by atoms with Gasteiger partial charge in [-0.05, 0) is 20.3 Å². The lowest BCUT2D eigenvalue weighted by Gasteiger charge is -2.29. The van der Waals surface area contributed by atoms with E-state index in [0.29, 0.717) is 0 Å². The molecule has 0 spiro atoms. The Morgan fingerprint density at radius 1 is 1.53 bits per heavy atom. The second kappa shape index (κ2) is 4.53. The van der Waals surface area contributed by atoms with Gasteiger partial charge in [0.05, 0.1) is 6.07 Å². The molecule has 1 unspecified atom stereocenters. The third kappa shape index (κ3) is 2.61. The first-order valence-corrected chi connectivity index (χ1v) is 5.32. The van der Waals surface area contributed by atoms with E-state index in [0.717, 1.165) is 4.90 Å². The van der Waals surface area contributed by atoms with Gasteiger partial charge >= 0.3 is 0 Å². The zero-order chi connectivity index (χ0) is 13.2. The van der Waals surface area contributed by atoms with Crippen molar-refractivity contribution in [2.45, 2.75) is 32.7 Å². The largest absolute Gasteiger partial charge is 0.343 e. The van der Waals surface area contributed by atoms with Crippen molar-refractivity contribution in [2.75, 3.05) is 7.05 Å². The van der Waals surface area contributed by atoms with Crippen LogP contribution in [0.4, 0.5) is 0 Å². The molecular formula is C11H15N3O3. The molecule has 0 aliphatic carbocycles. The monoisotopic (exact) mass is 237 g/mol. The van der Waals surface area contributed by atoms with Gasteiger partial charge in [-0.15, -0.1) is 0 Å². The molecule has 0 aromatic heterocycles. The van der Waals surface area contributed by atoms with Gasteiger partial charge < -0.3 is 5.32 Å². The number of nitrogens with zero attached hydrogens (tertiary/aromatic N) is 2. The maximum atomic E-state index is 11.7. The lowest BCUT2D eigenvalue weighted by Crippen LogP contribution is -2.54. The minimum absolute atomic E-state index is 0.222. The predicted molar refractivity (Wildman–Crippen MR) is 58.3 cm³/mol. The maximum Gasteiger partial charge on any atom is 0.251 e. The first-order chi connectivity index (χ1) is 7.79. The number of hydrogen-bond acceptors (Lipinski definition) is 4. The molecule has 0 radical (unpaired) electrons. The van der Waals surface area contributed by atoms with E-state index < -0.39 is 23.3 Å². The van der Waals surface area contributed by atoms with Crippen LogP contribution in [0.5, 0.6) is 0 Å². The van der Waals surface area contributed by atoms with Crippen LogP contribution < -0.4 is 5.32 Å². The van der Waals surface area contributed by atoms with Gasteiger partial charge in [0.2, 0.25) is 11.8 Å². The van der Waals surface area contributed by atoms with E-state index in [2.05, 4.69) is 5.32 Å². The number of amides is 3. The van der Waals surface area contributed by atoms with E-state index in [1.807, 2.05) is 6.07 Å². The fourth-order valence-corrected chi connectivity index (χ4v) is 1.44. The molecule has 0 aromatic carbocycles. The summed E-state index contributed by atoms with van der Waals surface area (Å²) in [7, 11) is 1.39. The van der Waals surface area contributed by atoms with Crippen molar-refractivity contribution in [3.05, 3.63) is 0 Å². The van der Waals surface area contributed by atoms with E-state index in [1.54, 1.807) is 0 Å². The van der Waals surface area contributed by atoms with Gasteiger partial charge in [0.15, 0.2) is 0 Å². The molecule has 1 N–H and O–H groups in total. The molecule has 1 rings (SSSR count). The quantitative estimate of drug-likeness (QED) is 0.673. The highest BCUT2D eigenvalue weighted by molar-refractivity contribution is 6.02. The summed E-state index contributed by atoms with van der Waals surface area (Å²) in [4.78, 5) is 35.6. The molecule has 1 aliphatic rings. The molecule has 0 saturated carbocycles. The van der Waals surface area contributed by atoms with Crippen molar-refractivity contribution >= 4 is 17.7 Å².